The Labute approximate surface area is 181 Å². The fraction of sp³-hybridized carbons (Fsp3) is 0.238. The number of sulfonamides is 1. The van der Waals surface area contributed by atoms with E-state index in [0.29, 0.717) is 17.3 Å². The number of aromatic nitrogens is 2. The Morgan fingerprint density at radius 3 is 2.26 bits per heavy atom. The summed E-state index contributed by atoms with van der Waals surface area (Å²) in [7, 11) is -2.14. The molecule has 0 spiro atoms. The Kier molecular flexibility index (Phi) is 6.31. The number of nitrogens with one attached hydrogen (secondary N) is 3. The number of rotatable bonds is 7. The smallest absolute Gasteiger partial charge is 0.240 e. The SMILES string of the molecule is CNS(=O)(=O)c1cccc(Nc2cc(Nc3ccc(N4CCOCC4)cc3)ncn2)c1. The van der Waals surface area contributed by atoms with Gasteiger partial charge in [-0.1, -0.05) is 6.07 Å². The molecule has 31 heavy (non-hydrogen) atoms. The minimum absolute atomic E-state index is 0.174. The van der Waals surface area contributed by atoms with Crippen molar-refractivity contribution in [3.05, 3.63) is 60.9 Å². The Balaban J connectivity index is 1.45. The third-order valence-electron chi connectivity index (χ3n) is 4.87. The lowest BCUT2D eigenvalue weighted by Crippen LogP contribution is -2.36. The van der Waals surface area contributed by atoms with Crippen LogP contribution in [0.25, 0.3) is 0 Å². The summed E-state index contributed by atoms with van der Waals surface area (Å²) >= 11 is 0. The van der Waals surface area contributed by atoms with Crippen molar-refractivity contribution < 1.29 is 13.2 Å². The van der Waals surface area contributed by atoms with Crippen molar-refractivity contribution in [3.63, 3.8) is 0 Å². The zero-order chi connectivity index (χ0) is 21.7. The van der Waals surface area contributed by atoms with Crippen molar-refractivity contribution in [3.8, 4) is 0 Å². The summed E-state index contributed by atoms with van der Waals surface area (Å²) in [6.45, 7) is 3.29. The number of benzene rings is 2. The molecule has 2 heterocycles. The molecular weight excluding hydrogens is 416 g/mol. The number of morpholine rings is 1. The van der Waals surface area contributed by atoms with Crippen LogP contribution in [0.2, 0.25) is 0 Å². The highest BCUT2D eigenvalue weighted by molar-refractivity contribution is 7.89. The average Bonchev–Trinajstić information content (AvgIpc) is 2.81. The van der Waals surface area contributed by atoms with Crippen LogP contribution in [0, 0.1) is 0 Å². The van der Waals surface area contributed by atoms with Gasteiger partial charge in [-0.3, -0.25) is 0 Å². The lowest BCUT2D eigenvalue weighted by Gasteiger charge is -2.28. The summed E-state index contributed by atoms with van der Waals surface area (Å²) < 4.78 is 31.7. The van der Waals surface area contributed by atoms with Gasteiger partial charge in [-0.15, -0.1) is 0 Å². The molecule has 162 valence electrons. The first-order valence-corrected chi connectivity index (χ1v) is 11.3. The van der Waals surface area contributed by atoms with Gasteiger partial charge in [-0.25, -0.2) is 23.1 Å². The van der Waals surface area contributed by atoms with E-state index in [4.69, 9.17) is 4.74 Å². The van der Waals surface area contributed by atoms with E-state index >= 15 is 0 Å². The molecule has 4 rings (SSSR count). The van der Waals surface area contributed by atoms with Crippen molar-refractivity contribution in [2.45, 2.75) is 4.90 Å². The highest BCUT2D eigenvalue weighted by Gasteiger charge is 2.12. The fourth-order valence-corrected chi connectivity index (χ4v) is 4.00. The van der Waals surface area contributed by atoms with Crippen LogP contribution in [0.4, 0.5) is 28.7 Å². The molecule has 1 saturated heterocycles. The zero-order valence-electron chi connectivity index (χ0n) is 17.1. The standard InChI is InChI=1S/C21H24N6O3S/c1-22-31(28,29)19-4-2-3-17(13-19)26-21-14-20(23-15-24-21)25-16-5-7-18(8-6-16)27-9-11-30-12-10-27/h2-8,13-15,22H,9-12H2,1H3,(H2,23,24,25,26). The maximum atomic E-state index is 12.0. The summed E-state index contributed by atoms with van der Waals surface area (Å²) in [6, 6.07) is 16.4. The molecular formula is C21H24N6O3S. The fourth-order valence-electron chi connectivity index (χ4n) is 3.23. The molecule has 0 radical (unpaired) electrons. The number of anilines is 5. The number of ether oxygens (including phenoxy) is 1. The highest BCUT2D eigenvalue weighted by Crippen LogP contribution is 2.23. The molecule has 0 bridgehead atoms. The van der Waals surface area contributed by atoms with E-state index in [-0.39, 0.29) is 4.90 Å². The van der Waals surface area contributed by atoms with E-state index in [2.05, 4.69) is 42.4 Å². The Morgan fingerprint density at radius 2 is 1.58 bits per heavy atom. The van der Waals surface area contributed by atoms with Crippen molar-refractivity contribution in [2.75, 3.05) is 48.9 Å². The first-order valence-electron chi connectivity index (χ1n) is 9.86. The van der Waals surface area contributed by atoms with E-state index in [9.17, 15) is 8.42 Å². The highest BCUT2D eigenvalue weighted by atomic mass is 32.2. The van der Waals surface area contributed by atoms with Gasteiger partial charge in [0.25, 0.3) is 0 Å². The maximum absolute atomic E-state index is 12.0. The second kappa shape index (κ2) is 9.29. The van der Waals surface area contributed by atoms with Gasteiger partial charge in [0, 0.05) is 36.2 Å². The summed E-state index contributed by atoms with van der Waals surface area (Å²) in [5, 5.41) is 6.38. The van der Waals surface area contributed by atoms with Gasteiger partial charge in [-0.2, -0.15) is 0 Å². The Hall–Kier alpha value is -3.21. The molecule has 1 aliphatic rings. The first kappa shape index (κ1) is 21.0. The molecule has 0 atom stereocenters. The third-order valence-corrected chi connectivity index (χ3v) is 6.28. The maximum Gasteiger partial charge on any atom is 0.240 e. The normalized spacial score (nSPS) is 14.3. The summed E-state index contributed by atoms with van der Waals surface area (Å²) in [4.78, 5) is 10.9. The molecule has 10 heteroatoms. The molecule has 0 saturated carbocycles. The van der Waals surface area contributed by atoms with Gasteiger partial charge in [0.2, 0.25) is 10.0 Å². The van der Waals surface area contributed by atoms with Crippen LogP contribution in [0.3, 0.4) is 0 Å². The molecule has 1 fully saturated rings. The zero-order valence-corrected chi connectivity index (χ0v) is 17.9. The van der Waals surface area contributed by atoms with Gasteiger partial charge >= 0.3 is 0 Å². The molecule has 0 amide bonds. The van der Waals surface area contributed by atoms with E-state index < -0.39 is 10.0 Å². The molecule has 1 aliphatic heterocycles. The van der Waals surface area contributed by atoms with Crippen molar-refractivity contribution in [1.29, 1.82) is 0 Å². The van der Waals surface area contributed by atoms with Crippen molar-refractivity contribution in [1.82, 2.24) is 14.7 Å². The first-order chi connectivity index (χ1) is 15.0. The second-order valence-electron chi connectivity index (χ2n) is 6.92. The van der Waals surface area contributed by atoms with E-state index in [1.165, 1.54) is 19.4 Å². The number of hydrogen-bond acceptors (Lipinski definition) is 8. The largest absolute Gasteiger partial charge is 0.378 e. The van der Waals surface area contributed by atoms with Gasteiger partial charge < -0.3 is 20.3 Å². The Morgan fingerprint density at radius 1 is 0.903 bits per heavy atom. The van der Waals surface area contributed by atoms with Crippen LogP contribution < -0.4 is 20.3 Å². The molecule has 0 aliphatic carbocycles. The summed E-state index contributed by atoms with van der Waals surface area (Å²) in [6.07, 6.45) is 1.45. The second-order valence-corrected chi connectivity index (χ2v) is 8.81. The van der Waals surface area contributed by atoms with Crippen molar-refractivity contribution in [2.24, 2.45) is 0 Å². The van der Waals surface area contributed by atoms with Crippen LogP contribution in [0.15, 0.2) is 65.8 Å². The van der Waals surface area contributed by atoms with E-state index in [1.807, 2.05) is 12.1 Å². The molecule has 1 aromatic heterocycles. The van der Waals surface area contributed by atoms with E-state index in [0.717, 1.165) is 37.7 Å². The van der Waals surface area contributed by atoms with Crippen LogP contribution in [0.5, 0.6) is 0 Å². The quantitative estimate of drug-likeness (QED) is 0.515. The van der Waals surface area contributed by atoms with E-state index in [1.54, 1.807) is 24.3 Å². The summed E-state index contributed by atoms with van der Waals surface area (Å²) in [5.41, 5.74) is 2.68. The number of nitrogens with zero attached hydrogens (tertiary/aromatic N) is 3. The molecule has 3 aromatic rings. The number of hydrogen-bond donors (Lipinski definition) is 3. The van der Waals surface area contributed by atoms with Crippen LogP contribution >= 0.6 is 0 Å². The topological polar surface area (TPSA) is 108 Å². The minimum Gasteiger partial charge on any atom is -0.378 e. The van der Waals surface area contributed by atoms with Crippen LogP contribution in [-0.4, -0.2) is 51.7 Å². The lowest BCUT2D eigenvalue weighted by atomic mass is 10.2. The average molecular weight is 441 g/mol. The van der Waals surface area contributed by atoms with Gasteiger partial charge in [0.05, 0.1) is 18.1 Å². The third kappa shape index (κ3) is 5.29. The van der Waals surface area contributed by atoms with Crippen molar-refractivity contribution >= 4 is 38.7 Å². The monoisotopic (exact) mass is 440 g/mol. The molecule has 0 unspecified atom stereocenters. The van der Waals surface area contributed by atoms with Gasteiger partial charge in [0.15, 0.2) is 0 Å². The molecule has 9 nitrogen and oxygen atoms in total. The van der Waals surface area contributed by atoms with Gasteiger partial charge in [-0.05, 0) is 49.5 Å². The predicted octanol–water partition coefficient (Wildman–Crippen LogP) is 2.71. The van der Waals surface area contributed by atoms with Gasteiger partial charge in [0.1, 0.15) is 18.0 Å². The Bertz CT molecular complexity index is 1130. The lowest BCUT2D eigenvalue weighted by molar-refractivity contribution is 0.122. The van der Waals surface area contributed by atoms with Crippen LogP contribution in [0.1, 0.15) is 0 Å². The summed E-state index contributed by atoms with van der Waals surface area (Å²) in [5.74, 6) is 1.16. The minimum atomic E-state index is -3.52. The molecule has 3 N–H and O–H groups in total. The molecule has 2 aromatic carbocycles. The van der Waals surface area contributed by atoms with Crippen LogP contribution in [-0.2, 0) is 14.8 Å². The predicted molar refractivity (Wildman–Crippen MR) is 121 cm³/mol.